The van der Waals surface area contributed by atoms with Gasteiger partial charge in [-0.3, -0.25) is 0 Å². The van der Waals surface area contributed by atoms with E-state index in [1.165, 1.54) is 13.0 Å². The molecule has 0 spiro atoms. The third-order valence-corrected chi connectivity index (χ3v) is 2.28. The number of hydrogen-bond donors (Lipinski definition) is 2. The fourth-order valence-corrected chi connectivity index (χ4v) is 1.08. The van der Waals surface area contributed by atoms with Crippen molar-refractivity contribution in [1.29, 1.82) is 0 Å². The number of aliphatic hydroxyl groups is 2. The van der Waals surface area contributed by atoms with E-state index in [1.54, 1.807) is 12.2 Å². The molecule has 0 unspecified atom stereocenters. The van der Waals surface area contributed by atoms with E-state index in [4.69, 9.17) is 0 Å². The van der Waals surface area contributed by atoms with Crippen LogP contribution in [0.15, 0.2) is 49.1 Å². The van der Waals surface area contributed by atoms with Crippen LogP contribution in [-0.4, -0.2) is 21.9 Å². The maximum atomic E-state index is 9.65. The van der Waals surface area contributed by atoms with Crippen LogP contribution in [0.4, 0.5) is 0 Å². The van der Waals surface area contributed by atoms with Crippen LogP contribution in [-0.2, 0) is 0 Å². The summed E-state index contributed by atoms with van der Waals surface area (Å²) in [5, 5.41) is 19.3. The summed E-state index contributed by atoms with van der Waals surface area (Å²) in [5.41, 5.74) is -0.304. The van der Waals surface area contributed by atoms with E-state index in [1.807, 2.05) is 30.3 Å². The van der Waals surface area contributed by atoms with Crippen LogP contribution in [0.5, 0.6) is 0 Å². The lowest BCUT2D eigenvalue weighted by atomic mass is 9.98. The van der Waals surface area contributed by atoms with Gasteiger partial charge in [-0.1, -0.05) is 48.6 Å². The Balaban J connectivity index is 2.70. The van der Waals surface area contributed by atoms with Crippen LogP contribution in [0.25, 0.3) is 6.08 Å². The van der Waals surface area contributed by atoms with E-state index in [-0.39, 0.29) is 0 Å². The SMILES string of the molecule is C=C[C@](C)(O)[C@H](O)/C=C/c1ccccc1. The van der Waals surface area contributed by atoms with Crippen molar-refractivity contribution >= 4 is 6.08 Å². The molecule has 80 valence electrons. The molecule has 2 N–H and O–H groups in total. The number of rotatable bonds is 4. The molecule has 0 aliphatic rings. The van der Waals surface area contributed by atoms with Crippen LogP contribution in [0, 0.1) is 0 Å². The molecule has 1 aromatic carbocycles. The van der Waals surface area contributed by atoms with Gasteiger partial charge in [-0.05, 0) is 12.5 Å². The third kappa shape index (κ3) is 3.35. The van der Waals surface area contributed by atoms with E-state index in [0.717, 1.165) is 5.56 Å². The second-order valence-corrected chi connectivity index (χ2v) is 3.64. The molecule has 0 bridgehead atoms. The van der Waals surface area contributed by atoms with E-state index < -0.39 is 11.7 Å². The minimum atomic E-state index is -1.29. The number of aliphatic hydroxyl groups excluding tert-OH is 1. The maximum absolute atomic E-state index is 9.65. The first kappa shape index (κ1) is 11.7. The zero-order chi connectivity index (χ0) is 11.3. The zero-order valence-electron chi connectivity index (χ0n) is 8.80. The Morgan fingerprint density at radius 1 is 1.33 bits per heavy atom. The Kier molecular flexibility index (Phi) is 3.83. The van der Waals surface area contributed by atoms with Crippen molar-refractivity contribution < 1.29 is 10.2 Å². The molecule has 0 aromatic heterocycles. The smallest absolute Gasteiger partial charge is 0.109 e. The average molecular weight is 204 g/mol. The van der Waals surface area contributed by atoms with E-state index in [9.17, 15) is 10.2 Å². The monoisotopic (exact) mass is 204 g/mol. The van der Waals surface area contributed by atoms with Gasteiger partial charge in [0.05, 0.1) is 0 Å². The molecule has 0 heterocycles. The fourth-order valence-electron chi connectivity index (χ4n) is 1.08. The lowest BCUT2D eigenvalue weighted by Crippen LogP contribution is -2.35. The third-order valence-electron chi connectivity index (χ3n) is 2.28. The van der Waals surface area contributed by atoms with Crippen molar-refractivity contribution in [2.45, 2.75) is 18.6 Å². The van der Waals surface area contributed by atoms with Gasteiger partial charge in [0.25, 0.3) is 0 Å². The maximum Gasteiger partial charge on any atom is 0.109 e. The van der Waals surface area contributed by atoms with Crippen molar-refractivity contribution in [2.75, 3.05) is 0 Å². The van der Waals surface area contributed by atoms with E-state index in [0.29, 0.717) is 0 Å². The summed E-state index contributed by atoms with van der Waals surface area (Å²) < 4.78 is 0. The molecule has 0 aliphatic carbocycles. The number of hydrogen-bond acceptors (Lipinski definition) is 2. The largest absolute Gasteiger partial charge is 0.386 e. The van der Waals surface area contributed by atoms with Crippen molar-refractivity contribution in [2.24, 2.45) is 0 Å². The molecular formula is C13H16O2. The Hall–Kier alpha value is -1.38. The van der Waals surface area contributed by atoms with Crippen LogP contribution in [0.1, 0.15) is 12.5 Å². The minimum absolute atomic E-state index is 0.949. The van der Waals surface area contributed by atoms with Gasteiger partial charge in [0.1, 0.15) is 11.7 Å². The first-order valence-electron chi connectivity index (χ1n) is 4.83. The van der Waals surface area contributed by atoms with Crippen molar-refractivity contribution in [3.63, 3.8) is 0 Å². The number of benzene rings is 1. The lowest BCUT2D eigenvalue weighted by Gasteiger charge is -2.22. The standard InChI is InChI=1S/C13H16O2/c1-3-13(2,15)12(14)10-9-11-7-5-4-6-8-11/h3-10,12,14-15H,1H2,2H3/b10-9+/t12-,13+/m1/s1. The summed E-state index contributed by atoms with van der Waals surface area (Å²) in [5.74, 6) is 0. The molecule has 2 heteroatoms. The summed E-state index contributed by atoms with van der Waals surface area (Å²) >= 11 is 0. The van der Waals surface area contributed by atoms with E-state index >= 15 is 0 Å². The van der Waals surface area contributed by atoms with Gasteiger partial charge in [-0.25, -0.2) is 0 Å². The second kappa shape index (κ2) is 4.91. The highest BCUT2D eigenvalue weighted by atomic mass is 16.3. The summed E-state index contributed by atoms with van der Waals surface area (Å²) in [4.78, 5) is 0. The highest BCUT2D eigenvalue weighted by Crippen LogP contribution is 2.13. The summed E-state index contributed by atoms with van der Waals surface area (Å²) in [7, 11) is 0. The molecular weight excluding hydrogens is 188 g/mol. The highest BCUT2D eigenvalue weighted by molar-refractivity contribution is 5.49. The van der Waals surface area contributed by atoms with Crippen molar-refractivity contribution in [1.82, 2.24) is 0 Å². The summed E-state index contributed by atoms with van der Waals surface area (Å²) in [6, 6.07) is 9.60. The van der Waals surface area contributed by atoms with Gasteiger partial charge in [-0.2, -0.15) is 0 Å². The van der Waals surface area contributed by atoms with Gasteiger partial charge in [0.2, 0.25) is 0 Å². The zero-order valence-corrected chi connectivity index (χ0v) is 8.80. The molecule has 0 radical (unpaired) electrons. The fraction of sp³-hybridized carbons (Fsp3) is 0.231. The molecule has 1 aromatic rings. The lowest BCUT2D eigenvalue weighted by molar-refractivity contribution is 0.00131. The predicted octanol–water partition coefficient (Wildman–Crippen LogP) is 2.00. The first-order valence-corrected chi connectivity index (χ1v) is 4.83. The molecule has 0 fully saturated rings. The minimum Gasteiger partial charge on any atom is -0.386 e. The van der Waals surface area contributed by atoms with Crippen LogP contribution < -0.4 is 0 Å². The predicted molar refractivity (Wildman–Crippen MR) is 62.3 cm³/mol. The first-order chi connectivity index (χ1) is 7.06. The molecule has 15 heavy (non-hydrogen) atoms. The van der Waals surface area contributed by atoms with Crippen LogP contribution >= 0.6 is 0 Å². The quantitative estimate of drug-likeness (QED) is 0.736. The second-order valence-electron chi connectivity index (χ2n) is 3.64. The molecule has 0 aliphatic heterocycles. The van der Waals surface area contributed by atoms with Gasteiger partial charge in [-0.15, -0.1) is 6.58 Å². The van der Waals surface area contributed by atoms with Crippen LogP contribution in [0.3, 0.4) is 0 Å². The van der Waals surface area contributed by atoms with Crippen molar-refractivity contribution in [3.8, 4) is 0 Å². The highest BCUT2D eigenvalue weighted by Gasteiger charge is 2.23. The molecule has 0 saturated carbocycles. The van der Waals surface area contributed by atoms with Gasteiger partial charge < -0.3 is 10.2 Å². The van der Waals surface area contributed by atoms with Gasteiger partial charge in [0, 0.05) is 0 Å². The normalized spacial score (nSPS) is 17.3. The topological polar surface area (TPSA) is 40.5 Å². The van der Waals surface area contributed by atoms with Gasteiger partial charge >= 0.3 is 0 Å². The summed E-state index contributed by atoms with van der Waals surface area (Å²) in [6.45, 7) is 4.98. The Morgan fingerprint density at radius 2 is 1.93 bits per heavy atom. The van der Waals surface area contributed by atoms with Crippen LogP contribution in [0.2, 0.25) is 0 Å². The molecule has 1 rings (SSSR count). The Bertz CT molecular complexity index is 339. The Labute approximate surface area is 90.2 Å². The average Bonchev–Trinajstić information content (AvgIpc) is 2.27. The molecule has 0 amide bonds. The molecule has 0 saturated heterocycles. The molecule has 2 nitrogen and oxygen atoms in total. The van der Waals surface area contributed by atoms with E-state index in [2.05, 4.69) is 6.58 Å². The van der Waals surface area contributed by atoms with Crippen molar-refractivity contribution in [3.05, 3.63) is 54.6 Å². The van der Waals surface area contributed by atoms with Gasteiger partial charge in [0.15, 0.2) is 0 Å². The Morgan fingerprint density at radius 3 is 2.47 bits per heavy atom. The summed E-state index contributed by atoms with van der Waals surface area (Å²) in [6.07, 6.45) is 3.70. The molecule has 2 atom stereocenters.